The number of aromatic nitrogens is 12. The van der Waals surface area contributed by atoms with E-state index in [0.29, 0.717) is 31.4 Å². The standard InChI is InChI=1S/C91H137N33O21S/c1-48(2)19-60(115-78(131)58(93)41-146)80(133)102-35-72(125)100-37-74(127)112-59(13-9-10-16-92)79(132)105-40-77(130)123-17-11-15-71(123)89(142)121-61(20-49(3)4)81(134)103-39-76(129)114-68(22-51(7)8)90(143)124-18-12-14-70(124)88(141)104-36-73(126)101-38-75(128)113-62(21-50(5)6)82(135)116-63(23-52-29-94-42-106-52)83(136)117-64(24-53-30-95-43-107-53)84(137)118-65(25-54-31-96-44-108-54)85(138)119-66(26-55-32-97-45-109-55)86(139)120-67(27-56-33-98-46-110-56)87(140)122-69(91(144)145)28-57-34-99-47-111-57/h29-34,42-51,58-71,146H,9-28,35-41,92-93H2,1-8H3,(H,94,106)(H,95,107)(H,96,108)(H,97,109)(H,98,110)(H,99,111)(H,100,125)(H,101,126)(H,102,133)(H,103,134)(H,104,141)(H,105,132)(H,112,127)(H,113,128)(H,114,129)(H,115,131)(H,116,135)(H,117,136)(H,118,137)(H,119,138)(H,120,139)(H,121,142)(H,122,140)(H,144,145)/t58-,59-,60-,61-,62-,63-,64-,65-,66-,67-,68-,69-,70-,71-/m0/s1. The quantitative estimate of drug-likeness (QED) is 0.0125. The zero-order valence-corrected chi connectivity index (χ0v) is 83.6. The molecule has 0 aliphatic carbocycles. The van der Waals surface area contributed by atoms with E-state index in [1.165, 1.54) is 84.9 Å². The van der Waals surface area contributed by atoms with E-state index in [1.807, 2.05) is 13.8 Å². The van der Waals surface area contributed by atoms with E-state index in [1.54, 1.807) is 41.5 Å². The van der Waals surface area contributed by atoms with E-state index >= 15 is 0 Å². The van der Waals surface area contributed by atoms with Crippen LogP contribution in [0.15, 0.2) is 75.1 Å². The summed E-state index contributed by atoms with van der Waals surface area (Å²) < 4.78 is 0. The van der Waals surface area contributed by atoms with Gasteiger partial charge in [-0.2, -0.15) is 12.6 Å². The molecule has 2 saturated heterocycles. The minimum atomic E-state index is -1.60. The molecular formula is C91H137N33O21S. The normalized spacial score (nSPS) is 15.8. The molecule has 6 aromatic rings. The molecule has 8 rings (SSSR count). The van der Waals surface area contributed by atoms with E-state index in [9.17, 15) is 101 Å². The Bertz CT molecular complexity index is 5300. The molecule has 0 unspecified atom stereocenters. The van der Waals surface area contributed by atoms with Crippen molar-refractivity contribution in [1.29, 1.82) is 0 Å². The molecule has 54 nitrogen and oxygen atoms in total. The van der Waals surface area contributed by atoms with Gasteiger partial charge in [0.25, 0.3) is 0 Å². The minimum Gasteiger partial charge on any atom is -0.480 e. The van der Waals surface area contributed by atoms with Crippen molar-refractivity contribution in [2.75, 3.05) is 64.7 Å². The lowest BCUT2D eigenvalue weighted by Crippen LogP contribution is -2.61. The highest BCUT2D eigenvalue weighted by atomic mass is 32.1. The number of rotatable bonds is 62. The van der Waals surface area contributed by atoms with Crippen LogP contribution in [0, 0.1) is 23.7 Å². The zero-order valence-electron chi connectivity index (χ0n) is 82.7. The number of carbonyl (C=O) groups excluding carboxylic acids is 19. The number of carbonyl (C=O) groups is 20. The van der Waals surface area contributed by atoms with E-state index in [2.05, 4.69) is 163 Å². The second-order valence-electron chi connectivity index (χ2n) is 37.2. The van der Waals surface area contributed by atoms with Gasteiger partial charge < -0.3 is 147 Å². The molecule has 8 heterocycles. The third-order valence-corrected chi connectivity index (χ3v) is 23.8. The van der Waals surface area contributed by atoms with Crippen LogP contribution in [0.2, 0.25) is 0 Å². The largest absolute Gasteiger partial charge is 0.480 e. The molecule has 2 fully saturated rings. The van der Waals surface area contributed by atoms with Gasteiger partial charge in [0.15, 0.2) is 0 Å². The summed E-state index contributed by atoms with van der Waals surface area (Å²) in [7, 11) is 0. The smallest absolute Gasteiger partial charge is 0.326 e. The van der Waals surface area contributed by atoms with Gasteiger partial charge in [-0.05, 0) is 101 Å². The molecule has 2 aliphatic heterocycles. The van der Waals surface area contributed by atoms with Crippen LogP contribution in [0.1, 0.15) is 160 Å². The monoisotopic (exact) mass is 2060 g/mol. The Kier molecular flexibility index (Phi) is 47.1. The predicted octanol–water partition coefficient (Wildman–Crippen LogP) is -7.55. The minimum absolute atomic E-state index is 0.0265. The average molecular weight is 2060 g/mol. The number of H-pyrrole nitrogens is 6. The number of hydrogen-bond donors (Lipinski definition) is 27. The van der Waals surface area contributed by atoms with Crippen LogP contribution in [-0.4, -0.2) is 342 Å². The number of nitrogens with zero attached hydrogens (tertiary/aromatic N) is 8. The zero-order chi connectivity index (χ0) is 107. The number of thiol groups is 1. The molecule has 0 spiro atoms. The summed E-state index contributed by atoms with van der Waals surface area (Å²) in [6, 6.07) is -18.5. The van der Waals surface area contributed by atoms with Gasteiger partial charge in [0, 0.05) is 94.5 Å². The number of carboxylic acid groups (broad SMARTS) is 1. The Balaban J connectivity index is 0.828. The summed E-state index contributed by atoms with van der Waals surface area (Å²) in [6.07, 6.45) is 17.2. The van der Waals surface area contributed by atoms with Crippen molar-refractivity contribution >= 4 is 131 Å². The van der Waals surface area contributed by atoms with E-state index in [-0.39, 0.29) is 161 Å². The number of carboxylic acids is 1. The third-order valence-electron chi connectivity index (χ3n) is 23.4. The Morgan fingerprint density at radius 2 is 0.637 bits per heavy atom. The number of hydrogen-bond acceptors (Lipinski definition) is 29. The molecule has 2 aliphatic rings. The number of unbranched alkanes of at least 4 members (excludes halogenated alkanes) is 1. The Labute approximate surface area is 846 Å². The SMILES string of the molecule is CC(C)C[C@H](NC(=O)CNC(=O)CNC(=O)[C@@H]1CCCN1C(=O)[C@H](CC(C)C)NC(=O)CNC(=O)[C@H](CC(C)C)NC(=O)[C@@H]1CCCN1C(=O)CNC(=O)[C@H](CCCCN)NC(=O)CNC(=O)CNC(=O)[C@H](CC(C)C)NC(=O)[C@@H](N)CS)C(=O)N[C@@H](Cc1c[nH]cn1)C(=O)N[C@@H](Cc1c[nH]cn1)C(=O)N[C@@H](Cc1c[nH]cn1)C(=O)N[C@@H](Cc1c[nH]cn1)C(=O)N[C@@H](Cc1c[nH]cn1)C(=O)N[C@@H](Cc1c[nH]cn1)C(=O)O. The van der Waals surface area contributed by atoms with Gasteiger partial charge in [0.05, 0.1) is 117 Å². The molecule has 55 heteroatoms. The maximum Gasteiger partial charge on any atom is 0.326 e. The summed E-state index contributed by atoms with van der Waals surface area (Å²) in [4.78, 5) is 321. The average Bonchev–Trinajstić information content (AvgIpc) is 1.62. The van der Waals surface area contributed by atoms with Crippen molar-refractivity contribution in [1.82, 2.24) is 160 Å². The molecule has 0 radical (unpaired) electrons. The number of aliphatic carboxylic acids is 1. The number of amides is 19. The van der Waals surface area contributed by atoms with Crippen LogP contribution in [-0.2, 0) is 134 Å². The number of aromatic amines is 6. The fourth-order valence-corrected chi connectivity index (χ4v) is 16.2. The summed E-state index contributed by atoms with van der Waals surface area (Å²) in [5.41, 5.74) is 13.1. The van der Waals surface area contributed by atoms with E-state index < -0.39 is 242 Å². The van der Waals surface area contributed by atoms with Crippen molar-refractivity contribution in [2.24, 2.45) is 35.1 Å². The first-order valence-electron chi connectivity index (χ1n) is 48.3. The Morgan fingerprint density at radius 1 is 0.342 bits per heavy atom. The first-order chi connectivity index (χ1) is 69.6. The summed E-state index contributed by atoms with van der Waals surface area (Å²) >= 11 is 4.02. The molecule has 146 heavy (non-hydrogen) atoms. The molecule has 0 aromatic carbocycles. The fraction of sp³-hybridized carbons (Fsp3) is 0.582. The first-order valence-corrected chi connectivity index (χ1v) is 49.0. The molecule has 19 amide bonds. The number of imidazole rings is 6. The third kappa shape index (κ3) is 39.2. The van der Waals surface area contributed by atoms with Crippen molar-refractivity contribution in [3.63, 3.8) is 0 Å². The van der Waals surface area contributed by atoms with Gasteiger partial charge in [0.1, 0.15) is 78.5 Å². The number of nitrogens with one attached hydrogen (secondary N) is 23. The molecular weight excluding hydrogens is 1920 g/mol. The van der Waals surface area contributed by atoms with E-state index in [4.69, 9.17) is 11.5 Å². The van der Waals surface area contributed by atoms with Crippen LogP contribution >= 0.6 is 12.6 Å². The highest BCUT2D eigenvalue weighted by molar-refractivity contribution is 7.80. The summed E-state index contributed by atoms with van der Waals surface area (Å²) in [6.45, 7) is 10.9. The van der Waals surface area contributed by atoms with Crippen LogP contribution in [0.4, 0.5) is 0 Å². The van der Waals surface area contributed by atoms with Crippen molar-refractivity contribution in [3.8, 4) is 0 Å². The second-order valence-corrected chi connectivity index (χ2v) is 37.6. The second kappa shape index (κ2) is 59.2. The molecule has 0 saturated carbocycles. The Morgan fingerprint density at radius 3 is 1.00 bits per heavy atom. The van der Waals surface area contributed by atoms with Crippen LogP contribution in [0.25, 0.3) is 0 Å². The molecule has 28 N–H and O–H groups in total. The lowest BCUT2D eigenvalue weighted by molar-refractivity contribution is -0.142. The maximum absolute atomic E-state index is 15.0. The lowest BCUT2D eigenvalue weighted by Gasteiger charge is -2.29. The lowest BCUT2D eigenvalue weighted by atomic mass is 10.0. The Hall–Kier alpha value is -15.1. The molecule has 798 valence electrons. The van der Waals surface area contributed by atoms with Crippen molar-refractivity contribution in [2.45, 2.75) is 249 Å². The maximum atomic E-state index is 15.0. The van der Waals surface area contributed by atoms with Gasteiger partial charge in [-0.25, -0.2) is 34.7 Å². The van der Waals surface area contributed by atoms with Crippen molar-refractivity contribution in [3.05, 3.63) is 109 Å². The molecule has 14 atom stereocenters. The first kappa shape index (κ1) is 116. The molecule has 0 bridgehead atoms. The van der Waals surface area contributed by atoms with Crippen LogP contribution < -0.4 is 102 Å². The topological polar surface area (TPSA) is 797 Å². The van der Waals surface area contributed by atoms with Gasteiger partial charge in [-0.15, -0.1) is 0 Å². The number of nitrogens with two attached hydrogens (primary N) is 2. The van der Waals surface area contributed by atoms with Gasteiger partial charge in [0.2, 0.25) is 112 Å². The summed E-state index contributed by atoms with van der Waals surface area (Å²) in [5.74, 6) is -17.4. The highest BCUT2D eigenvalue weighted by Gasteiger charge is 2.43. The van der Waals surface area contributed by atoms with E-state index in [0.717, 1.165) is 0 Å². The molecule has 6 aromatic heterocycles. The van der Waals surface area contributed by atoms with Crippen LogP contribution in [0.5, 0.6) is 0 Å². The van der Waals surface area contributed by atoms with Gasteiger partial charge >= 0.3 is 5.97 Å². The van der Waals surface area contributed by atoms with Gasteiger partial charge in [-0.1, -0.05) is 55.4 Å². The van der Waals surface area contributed by atoms with Crippen LogP contribution in [0.3, 0.4) is 0 Å². The number of likely N-dealkylation sites (tertiary alicyclic amines) is 2. The van der Waals surface area contributed by atoms with Crippen molar-refractivity contribution < 1.29 is 101 Å². The fourth-order valence-electron chi connectivity index (χ4n) is 16.1. The summed E-state index contributed by atoms with van der Waals surface area (Å²) in [5, 5.41) is 53.8. The predicted molar refractivity (Wildman–Crippen MR) is 523 cm³/mol. The highest BCUT2D eigenvalue weighted by Crippen LogP contribution is 2.23. The van der Waals surface area contributed by atoms with Gasteiger partial charge in [-0.3, -0.25) is 91.1 Å².